The molecule has 2 aromatic carbocycles. The normalized spacial score (nSPS) is 12.1. The SMILES string of the molecule is CCCCCc1ccc(C(F)(F)C(F)(F)c2ccc(C(=O)OCC)cc2)cc1. The molecule has 6 heteroatoms. The Labute approximate surface area is 162 Å². The number of alkyl halides is 4. The molecule has 28 heavy (non-hydrogen) atoms. The fourth-order valence-corrected chi connectivity index (χ4v) is 2.85. The molecule has 0 aliphatic carbocycles. The second kappa shape index (κ2) is 9.22. The number of rotatable bonds is 9. The molecule has 0 fully saturated rings. The van der Waals surface area contributed by atoms with E-state index >= 15 is 0 Å². The van der Waals surface area contributed by atoms with E-state index in [1.165, 1.54) is 12.1 Å². The van der Waals surface area contributed by atoms with E-state index in [0.717, 1.165) is 67.6 Å². The predicted octanol–water partition coefficient (Wildman–Crippen LogP) is 6.48. The highest BCUT2D eigenvalue weighted by Crippen LogP contribution is 2.49. The number of ether oxygens (including phenoxy) is 1. The minimum Gasteiger partial charge on any atom is -0.462 e. The van der Waals surface area contributed by atoms with Crippen LogP contribution >= 0.6 is 0 Å². The van der Waals surface area contributed by atoms with Crippen LogP contribution < -0.4 is 0 Å². The predicted molar refractivity (Wildman–Crippen MR) is 99.9 cm³/mol. The second-order valence-corrected chi connectivity index (χ2v) is 6.60. The van der Waals surface area contributed by atoms with E-state index in [-0.39, 0.29) is 12.2 Å². The van der Waals surface area contributed by atoms with E-state index in [2.05, 4.69) is 6.92 Å². The molecular weight excluding hydrogens is 372 g/mol. The van der Waals surface area contributed by atoms with Gasteiger partial charge in [-0.15, -0.1) is 0 Å². The molecule has 0 aliphatic heterocycles. The van der Waals surface area contributed by atoms with Gasteiger partial charge in [-0.25, -0.2) is 4.79 Å². The lowest BCUT2D eigenvalue weighted by molar-refractivity contribution is -0.223. The molecule has 0 amide bonds. The largest absolute Gasteiger partial charge is 0.462 e. The van der Waals surface area contributed by atoms with Crippen molar-refractivity contribution in [3.63, 3.8) is 0 Å². The topological polar surface area (TPSA) is 26.3 Å². The van der Waals surface area contributed by atoms with Gasteiger partial charge in [0.2, 0.25) is 0 Å². The zero-order chi connectivity index (χ0) is 20.8. The van der Waals surface area contributed by atoms with E-state index in [1.54, 1.807) is 6.92 Å². The van der Waals surface area contributed by atoms with Crippen LogP contribution in [0, 0.1) is 0 Å². The molecule has 2 nitrogen and oxygen atoms in total. The molecule has 0 saturated heterocycles. The number of benzene rings is 2. The summed E-state index contributed by atoms with van der Waals surface area (Å²) >= 11 is 0. The molecule has 0 saturated carbocycles. The van der Waals surface area contributed by atoms with Crippen molar-refractivity contribution >= 4 is 5.97 Å². The third-order valence-corrected chi connectivity index (χ3v) is 4.54. The monoisotopic (exact) mass is 396 g/mol. The summed E-state index contributed by atoms with van der Waals surface area (Å²) in [5.41, 5.74) is -0.736. The zero-order valence-corrected chi connectivity index (χ0v) is 16.0. The molecule has 2 rings (SSSR count). The van der Waals surface area contributed by atoms with Crippen molar-refractivity contribution in [1.29, 1.82) is 0 Å². The van der Waals surface area contributed by atoms with Gasteiger partial charge in [0.05, 0.1) is 12.2 Å². The molecule has 2 aromatic rings. The van der Waals surface area contributed by atoms with Gasteiger partial charge in [0, 0.05) is 11.1 Å². The fourth-order valence-electron chi connectivity index (χ4n) is 2.85. The van der Waals surface area contributed by atoms with Crippen LogP contribution in [0.15, 0.2) is 48.5 Å². The van der Waals surface area contributed by atoms with Crippen LogP contribution in [0.3, 0.4) is 0 Å². The molecule has 0 spiro atoms. The lowest BCUT2D eigenvalue weighted by Gasteiger charge is -2.27. The molecule has 152 valence electrons. The summed E-state index contributed by atoms with van der Waals surface area (Å²) in [5.74, 6) is -9.51. The van der Waals surface area contributed by atoms with E-state index < -0.39 is 28.9 Å². The lowest BCUT2D eigenvalue weighted by atomic mass is 9.94. The van der Waals surface area contributed by atoms with Crippen molar-refractivity contribution in [2.24, 2.45) is 0 Å². The number of carbonyl (C=O) groups is 1. The van der Waals surface area contributed by atoms with Crippen molar-refractivity contribution in [2.45, 2.75) is 51.4 Å². The molecule has 0 radical (unpaired) electrons. The first-order valence-corrected chi connectivity index (χ1v) is 9.36. The highest BCUT2D eigenvalue weighted by molar-refractivity contribution is 5.89. The number of hydrogen-bond donors (Lipinski definition) is 0. The van der Waals surface area contributed by atoms with Gasteiger partial charge in [0.1, 0.15) is 0 Å². The van der Waals surface area contributed by atoms with Gasteiger partial charge >= 0.3 is 17.8 Å². The smallest absolute Gasteiger partial charge is 0.339 e. The van der Waals surface area contributed by atoms with Crippen LogP contribution in [-0.4, -0.2) is 12.6 Å². The van der Waals surface area contributed by atoms with E-state index in [9.17, 15) is 22.4 Å². The first-order chi connectivity index (χ1) is 13.2. The van der Waals surface area contributed by atoms with Gasteiger partial charge in [-0.3, -0.25) is 0 Å². The van der Waals surface area contributed by atoms with Gasteiger partial charge in [0.15, 0.2) is 0 Å². The minimum absolute atomic E-state index is 0.0288. The van der Waals surface area contributed by atoms with Gasteiger partial charge in [-0.2, -0.15) is 17.6 Å². The Morgan fingerprint density at radius 2 is 1.32 bits per heavy atom. The first kappa shape index (κ1) is 21.9. The highest BCUT2D eigenvalue weighted by Gasteiger charge is 2.58. The van der Waals surface area contributed by atoms with Crippen LogP contribution in [0.25, 0.3) is 0 Å². The van der Waals surface area contributed by atoms with Crippen LogP contribution in [0.5, 0.6) is 0 Å². The van der Waals surface area contributed by atoms with Crippen molar-refractivity contribution in [3.8, 4) is 0 Å². The van der Waals surface area contributed by atoms with Gasteiger partial charge < -0.3 is 4.74 Å². The summed E-state index contributed by atoms with van der Waals surface area (Å²) < 4.78 is 63.1. The highest BCUT2D eigenvalue weighted by atomic mass is 19.3. The fraction of sp³-hybridized carbons (Fsp3) is 0.409. The Balaban J connectivity index is 2.21. The standard InChI is InChI=1S/C22H24F4O2/c1-3-5-6-7-16-8-12-18(13-9-16)21(23,24)22(25,26)19-14-10-17(11-15-19)20(27)28-4-2/h8-15H,3-7H2,1-2H3. The quantitative estimate of drug-likeness (QED) is 0.275. The molecule has 0 bridgehead atoms. The first-order valence-electron chi connectivity index (χ1n) is 9.36. The van der Waals surface area contributed by atoms with Crippen LogP contribution in [0.2, 0.25) is 0 Å². The Kier molecular flexibility index (Phi) is 7.22. The summed E-state index contributed by atoms with van der Waals surface area (Å²) in [7, 11) is 0. The Morgan fingerprint density at radius 1 is 0.821 bits per heavy atom. The van der Waals surface area contributed by atoms with Crippen LogP contribution in [-0.2, 0) is 23.0 Å². The number of unbranched alkanes of at least 4 members (excludes halogenated alkanes) is 2. The molecule has 0 aliphatic rings. The van der Waals surface area contributed by atoms with Crippen LogP contribution in [0.4, 0.5) is 17.6 Å². The van der Waals surface area contributed by atoms with Crippen LogP contribution in [0.1, 0.15) is 60.2 Å². The average molecular weight is 396 g/mol. The third kappa shape index (κ3) is 4.72. The summed E-state index contributed by atoms with van der Waals surface area (Å²) in [6, 6.07) is 8.85. The maximum atomic E-state index is 14.6. The summed E-state index contributed by atoms with van der Waals surface area (Å²) in [5, 5.41) is 0. The maximum absolute atomic E-state index is 14.6. The molecule has 0 unspecified atom stereocenters. The summed E-state index contributed by atoms with van der Waals surface area (Å²) in [4.78, 5) is 11.6. The molecule has 0 atom stereocenters. The van der Waals surface area contributed by atoms with Crippen molar-refractivity contribution in [3.05, 3.63) is 70.8 Å². The number of aryl methyl sites for hydroxylation is 1. The van der Waals surface area contributed by atoms with E-state index in [0.29, 0.717) is 0 Å². The van der Waals surface area contributed by atoms with Gasteiger partial charge in [-0.05, 0) is 37.5 Å². The van der Waals surface area contributed by atoms with Gasteiger partial charge in [0.25, 0.3) is 0 Å². The maximum Gasteiger partial charge on any atom is 0.339 e. The average Bonchev–Trinajstić information content (AvgIpc) is 2.69. The van der Waals surface area contributed by atoms with Crippen molar-refractivity contribution in [1.82, 2.24) is 0 Å². The Hall–Kier alpha value is -2.37. The number of esters is 1. The Morgan fingerprint density at radius 3 is 1.79 bits per heavy atom. The Bertz CT molecular complexity index is 768. The molecular formula is C22H24F4O2. The van der Waals surface area contributed by atoms with Crippen molar-refractivity contribution in [2.75, 3.05) is 6.61 Å². The minimum atomic E-state index is -4.43. The third-order valence-electron chi connectivity index (χ3n) is 4.54. The second-order valence-electron chi connectivity index (χ2n) is 6.60. The summed E-state index contributed by atoms with van der Waals surface area (Å²) in [6.07, 6.45) is 3.72. The molecule has 0 aromatic heterocycles. The van der Waals surface area contributed by atoms with Gasteiger partial charge in [-0.1, -0.05) is 56.2 Å². The molecule has 0 N–H and O–H groups in total. The summed E-state index contributed by atoms with van der Waals surface area (Å²) in [6.45, 7) is 3.80. The molecule has 0 heterocycles. The zero-order valence-electron chi connectivity index (χ0n) is 16.0. The number of hydrogen-bond acceptors (Lipinski definition) is 2. The lowest BCUT2D eigenvalue weighted by Crippen LogP contribution is -2.35. The number of halogens is 4. The van der Waals surface area contributed by atoms with E-state index in [1.807, 2.05) is 0 Å². The van der Waals surface area contributed by atoms with E-state index in [4.69, 9.17) is 4.74 Å². The number of carbonyl (C=O) groups excluding carboxylic acids is 1. The van der Waals surface area contributed by atoms with Crippen molar-refractivity contribution < 1.29 is 27.1 Å².